The second-order valence-corrected chi connectivity index (χ2v) is 11.3. The quantitative estimate of drug-likeness (QED) is 0.100. The molecule has 1 aliphatic carbocycles. The van der Waals surface area contributed by atoms with Crippen LogP contribution in [-0.4, -0.2) is 38.5 Å². The van der Waals surface area contributed by atoms with E-state index in [1.807, 2.05) is 37.3 Å². The van der Waals surface area contributed by atoms with Crippen LogP contribution in [0.2, 0.25) is 0 Å². The Bertz CT molecular complexity index is 1560. The minimum Gasteiger partial charge on any atom is -0.491 e. The Morgan fingerprint density at radius 3 is 2.16 bits per heavy atom. The number of aryl methyl sites for hydroxylation is 1. The standard InChI is InChI=1S/C40H44O5/c1-4-7-11-29-16-22-36-33(26-29)17-18-34-28-32(31-12-9-8-10-13-31)19-23-37(34)39(36)45-25-24-44-35-20-14-30(15-21-35)27-38(42-5-2)40(41)43-6-3/h8-10,12-23,26,28,38-39H,4-7,11,24-25,27H2,1-3H3. The fraction of sp³-hybridized carbons (Fsp3) is 0.325. The Morgan fingerprint density at radius 1 is 0.733 bits per heavy atom. The molecule has 2 atom stereocenters. The van der Waals surface area contributed by atoms with Crippen molar-refractivity contribution in [3.63, 3.8) is 0 Å². The first-order valence-corrected chi connectivity index (χ1v) is 16.2. The van der Waals surface area contributed by atoms with Gasteiger partial charge in [-0.15, -0.1) is 0 Å². The van der Waals surface area contributed by atoms with Crippen molar-refractivity contribution < 1.29 is 23.7 Å². The van der Waals surface area contributed by atoms with E-state index in [9.17, 15) is 4.79 Å². The van der Waals surface area contributed by atoms with Crippen LogP contribution in [0.3, 0.4) is 0 Å². The van der Waals surface area contributed by atoms with E-state index in [1.54, 1.807) is 6.92 Å². The number of carbonyl (C=O) groups is 1. The maximum Gasteiger partial charge on any atom is 0.335 e. The molecular formula is C40H44O5. The van der Waals surface area contributed by atoms with Gasteiger partial charge in [-0.3, -0.25) is 0 Å². The molecule has 5 heteroatoms. The summed E-state index contributed by atoms with van der Waals surface area (Å²) in [5, 5.41) is 0. The molecule has 2 unspecified atom stereocenters. The Balaban J connectivity index is 1.28. The summed E-state index contributed by atoms with van der Waals surface area (Å²) in [5.74, 6) is 0.421. The summed E-state index contributed by atoms with van der Waals surface area (Å²) >= 11 is 0. The van der Waals surface area contributed by atoms with Crippen molar-refractivity contribution in [1.82, 2.24) is 0 Å². The Labute approximate surface area is 267 Å². The molecule has 0 N–H and O–H groups in total. The van der Waals surface area contributed by atoms with Crippen molar-refractivity contribution in [3.05, 3.63) is 124 Å². The lowest BCUT2D eigenvalue weighted by molar-refractivity contribution is -0.156. The number of carbonyl (C=O) groups excluding carboxylic acids is 1. The van der Waals surface area contributed by atoms with Crippen molar-refractivity contribution in [2.45, 2.75) is 58.7 Å². The molecule has 0 spiro atoms. The van der Waals surface area contributed by atoms with Crippen molar-refractivity contribution in [3.8, 4) is 16.9 Å². The average molecular weight is 605 g/mol. The number of benzene rings is 4. The van der Waals surface area contributed by atoms with Crippen LogP contribution in [0.5, 0.6) is 5.75 Å². The van der Waals surface area contributed by atoms with Gasteiger partial charge >= 0.3 is 5.97 Å². The number of hydrogen-bond donors (Lipinski definition) is 0. The van der Waals surface area contributed by atoms with E-state index >= 15 is 0 Å². The first-order chi connectivity index (χ1) is 22.1. The number of fused-ring (bicyclic) bond motifs is 2. The largest absolute Gasteiger partial charge is 0.491 e. The third-order valence-corrected chi connectivity index (χ3v) is 8.07. The molecular weight excluding hydrogens is 560 g/mol. The molecule has 0 fully saturated rings. The van der Waals surface area contributed by atoms with Crippen molar-refractivity contribution in [2.75, 3.05) is 26.4 Å². The highest BCUT2D eigenvalue weighted by molar-refractivity contribution is 5.79. The zero-order valence-electron chi connectivity index (χ0n) is 26.7. The molecule has 0 heterocycles. The number of unbranched alkanes of at least 4 members (excludes halogenated alkanes) is 1. The normalized spacial score (nSPS) is 14.2. The molecule has 234 valence electrons. The van der Waals surface area contributed by atoms with E-state index in [4.69, 9.17) is 18.9 Å². The lowest BCUT2D eigenvalue weighted by atomic mass is 9.92. The lowest BCUT2D eigenvalue weighted by Crippen LogP contribution is -2.28. The first-order valence-electron chi connectivity index (χ1n) is 16.2. The molecule has 0 saturated carbocycles. The third-order valence-electron chi connectivity index (χ3n) is 8.07. The van der Waals surface area contributed by atoms with E-state index in [2.05, 4.69) is 79.7 Å². The summed E-state index contributed by atoms with van der Waals surface area (Å²) in [5.41, 5.74) is 9.42. The van der Waals surface area contributed by atoms with Crippen LogP contribution in [0.25, 0.3) is 23.3 Å². The van der Waals surface area contributed by atoms with Gasteiger partial charge < -0.3 is 18.9 Å². The fourth-order valence-electron chi connectivity index (χ4n) is 5.75. The minimum absolute atomic E-state index is 0.209. The van der Waals surface area contributed by atoms with Gasteiger partial charge in [0.25, 0.3) is 0 Å². The third kappa shape index (κ3) is 8.50. The summed E-state index contributed by atoms with van der Waals surface area (Å²) in [6.45, 7) is 7.53. The number of esters is 1. The van der Waals surface area contributed by atoms with Crippen LogP contribution >= 0.6 is 0 Å². The highest BCUT2D eigenvalue weighted by Crippen LogP contribution is 2.38. The summed E-state index contributed by atoms with van der Waals surface area (Å²) in [4.78, 5) is 12.2. The molecule has 0 saturated heterocycles. The smallest absolute Gasteiger partial charge is 0.335 e. The topological polar surface area (TPSA) is 54.0 Å². The number of hydrogen-bond acceptors (Lipinski definition) is 5. The van der Waals surface area contributed by atoms with Crippen LogP contribution in [0.4, 0.5) is 0 Å². The van der Waals surface area contributed by atoms with Gasteiger partial charge in [-0.1, -0.05) is 98.3 Å². The van der Waals surface area contributed by atoms with Gasteiger partial charge in [0, 0.05) is 13.0 Å². The predicted molar refractivity (Wildman–Crippen MR) is 181 cm³/mol. The molecule has 0 bridgehead atoms. The maximum atomic E-state index is 12.2. The molecule has 45 heavy (non-hydrogen) atoms. The predicted octanol–water partition coefficient (Wildman–Crippen LogP) is 8.88. The summed E-state index contributed by atoms with van der Waals surface area (Å²) in [7, 11) is 0. The summed E-state index contributed by atoms with van der Waals surface area (Å²) in [6.07, 6.45) is 7.53. The highest BCUT2D eigenvalue weighted by Gasteiger charge is 2.24. The van der Waals surface area contributed by atoms with Gasteiger partial charge in [0.05, 0.1) is 13.2 Å². The molecule has 0 amide bonds. The molecule has 4 aromatic carbocycles. The molecule has 1 aliphatic rings. The monoisotopic (exact) mass is 604 g/mol. The molecule has 0 aliphatic heterocycles. The molecule has 5 nitrogen and oxygen atoms in total. The average Bonchev–Trinajstić information content (AvgIpc) is 3.22. The zero-order chi connectivity index (χ0) is 31.4. The van der Waals surface area contributed by atoms with Gasteiger partial charge in [0.15, 0.2) is 6.10 Å². The van der Waals surface area contributed by atoms with Gasteiger partial charge in [-0.2, -0.15) is 0 Å². The van der Waals surface area contributed by atoms with Crippen LogP contribution in [-0.2, 0) is 31.8 Å². The molecule has 0 radical (unpaired) electrons. The Kier molecular flexibility index (Phi) is 11.6. The fourth-order valence-corrected chi connectivity index (χ4v) is 5.75. The van der Waals surface area contributed by atoms with Crippen molar-refractivity contribution in [1.29, 1.82) is 0 Å². The van der Waals surface area contributed by atoms with Crippen LogP contribution in [0, 0.1) is 0 Å². The minimum atomic E-state index is -0.610. The van der Waals surface area contributed by atoms with Gasteiger partial charge in [-0.05, 0) is 89.4 Å². The van der Waals surface area contributed by atoms with E-state index < -0.39 is 6.10 Å². The van der Waals surface area contributed by atoms with Crippen molar-refractivity contribution >= 4 is 18.1 Å². The second-order valence-electron chi connectivity index (χ2n) is 11.3. The Morgan fingerprint density at radius 2 is 1.44 bits per heavy atom. The van der Waals surface area contributed by atoms with Crippen molar-refractivity contribution in [2.24, 2.45) is 0 Å². The second kappa shape index (κ2) is 16.2. The number of ether oxygens (including phenoxy) is 4. The van der Waals surface area contributed by atoms with Gasteiger partial charge in [-0.25, -0.2) is 4.79 Å². The first kappa shape index (κ1) is 32.2. The molecule has 4 aromatic rings. The maximum absolute atomic E-state index is 12.2. The van der Waals surface area contributed by atoms with E-state index in [0.717, 1.165) is 28.9 Å². The molecule has 0 aromatic heterocycles. The Hall–Kier alpha value is -4.19. The SMILES string of the molecule is CCCCc1ccc2c(c1)C=Cc1cc(-c3ccccc3)ccc1C2OCCOc1ccc(CC(OCC)C(=O)OCC)cc1. The lowest BCUT2D eigenvalue weighted by Gasteiger charge is -2.22. The van der Waals surface area contributed by atoms with Gasteiger partial charge in [0.1, 0.15) is 18.5 Å². The molecule has 5 rings (SSSR count). The number of rotatable bonds is 15. The highest BCUT2D eigenvalue weighted by atomic mass is 16.6. The van der Waals surface area contributed by atoms with E-state index in [0.29, 0.717) is 32.8 Å². The summed E-state index contributed by atoms with van der Waals surface area (Å²) < 4.78 is 23.5. The van der Waals surface area contributed by atoms with Gasteiger partial charge in [0.2, 0.25) is 0 Å². The van der Waals surface area contributed by atoms with E-state index in [1.165, 1.54) is 40.7 Å². The van der Waals surface area contributed by atoms with Crippen LogP contribution in [0.15, 0.2) is 91.0 Å². The van der Waals surface area contributed by atoms with E-state index in [-0.39, 0.29) is 12.1 Å². The van der Waals surface area contributed by atoms with Crippen LogP contribution < -0.4 is 4.74 Å². The zero-order valence-corrected chi connectivity index (χ0v) is 26.7. The summed E-state index contributed by atoms with van der Waals surface area (Å²) in [6, 6.07) is 31.7. The van der Waals surface area contributed by atoms with Crippen LogP contribution in [0.1, 0.15) is 73.1 Å².